The molecule has 0 aromatic carbocycles. The van der Waals surface area contributed by atoms with Crippen LogP contribution in [0.5, 0.6) is 0 Å². The molecule has 0 spiro atoms. The van der Waals surface area contributed by atoms with Crippen molar-refractivity contribution >= 4 is 5.97 Å². The van der Waals surface area contributed by atoms with Crippen LogP contribution in [0.3, 0.4) is 0 Å². The second-order valence-corrected chi connectivity index (χ2v) is 2.66. The van der Waals surface area contributed by atoms with Crippen LogP contribution in [0.2, 0.25) is 0 Å². The van der Waals surface area contributed by atoms with Gasteiger partial charge in [-0.15, -0.1) is 0 Å². The van der Waals surface area contributed by atoms with Gasteiger partial charge in [-0.05, 0) is 5.92 Å². The van der Waals surface area contributed by atoms with Crippen molar-refractivity contribution in [2.45, 2.75) is 20.3 Å². The van der Waals surface area contributed by atoms with Gasteiger partial charge < -0.3 is 4.74 Å². The lowest BCUT2D eigenvalue weighted by Crippen LogP contribution is -2.00. The van der Waals surface area contributed by atoms with E-state index >= 15 is 0 Å². The summed E-state index contributed by atoms with van der Waals surface area (Å²) in [6, 6.07) is 0. The third-order valence-corrected chi connectivity index (χ3v) is 1.55. The van der Waals surface area contributed by atoms with E-state index in [0.717, 1.165) is 6.42 Å². The zero-order valence-electron chi connectivity index (χ0n) is 7.75. The van der Waals surface area contributed by atoms with Crippen LogP contribution in [-0.2, 0) is 9.53 Å². The van der Waals surface area contributed by atoms with E-state index in [0.29, 0.717) is 5.92 Å². The molecule has 0 N–H and O–H groups in total. The standard InChI is InChI=1S/C10H16O2/c1-4-8-12-10(11)7-6-9(3)5-2/h4,6-7,9H,1,5,8H2,2-3H3/b7-6+. The van der Waals surface area contributed by atoms with Gasteiger partial charge in [0, 0.05) is 6.08 Å². The summed E-state index contributed by atoms with van der Waals surface area (Å²) in [6.45, 7) is 7.85. The molecule has 0 aromatic heterocycles. The van der Waals surface area contributed by atoms with Gasteiger partial charge in [-0.2, -0.15) is 0 Å². The summed E-state index contributed by atoms with van der Waals surface area (Å²) in [6.07, 6.45) is 5.91. The molecule has 0 saturated heterocycles. The molecule has 0 heterocycles. The Bertz CT molecular complexity index is 171. The molecule has 2 heteroatoms. The van der Waals surface area contributed by atoms with E-state index < -0.39 is 0 Å². The van der Waals surface area contributed by atoms with Gasteiger partial charge in [0.05, 0.1) is 0 Å². The van der Waals surface area contributed by atoms with Crippen LogP contribution in [0.1, 0.15) is 20.3 Å². The highest BCUT2D eigenvalue weighted by atomic mass is 16.5. The molecule has 0 aliphatic heterocycles. The van der Waals surface area contributed by atoms with E-state index in [1.54, 1.807) is 6.08 Å². The summed E-state index contributed by atoms with van der Waals surface area (Å²) in [5.74, 6) is 0.136. The van der Waals surface area contributed by atoms with Gasteiger partial charge in [0.2, 0.25) is 0 Å². The molecule has 0 aliphatic carbocycles. The minimum atomic E-state index is -0.296. The first-order valence-corrected chi connectivity index (χ1v) is 4.16. The van der Waals surface area contributed by atoms with Crippen molar-refractivity contribution in [1.82, 2.24) is 0 Å². The Hall–Kier alpha value is -1.05. The molecule has 0 bridgehead atoms. The van der Waals surface area contributed by atoms with Crippen molar-refractivity contribution in [3.8, 4) is 0 Å². The lowest BCUT2D eigenvalue weighted by Gasteiger charge is -1.99. The Kier molecular flexibility index (Phi) is 6.07. The summed E-state index contributed by atoms with van der Waals surface area (Å²) in [4.78, 5) is 10.9. The van der Waals surface area contributed by atoms with Crippen molar-refractivity contribution in [3.63, 3.8) is 0 Å². The largest absolute Gasteiger partial charge is 0.458 e. The number of carbonyl (C=O) groups excluding carboxylic acids is 1. The molecule has 1 unspecified atom stereocenters. The van der Waals surface area contributed by atoms with Gasteiger partial charge in [0.15, 0.2) is 0 Å². The predicted octanol–water partition coefficient (Wildman–Crippen LogP) is 2.32. The number of allylic oxidation sites excluding steroid dienone is 1. The first kappa shape index (κ1) is 11.0. The van der Waals surface area contributed by atoms with E-state index in [1.807, 2.05) is 6.08 Å². The minimum Gasteiger partial charge on any atom is -0.458 e. The van der Waals surface area contributed by atoms with E-state index in [2.05, 4.69) is 20.4 Å². The first-order valence-electron chi connectivity index (χ1n) is 4.16. The monoisotopic (exact) mass is 168 g/mol. The van der Waals surface area contributed by atoms with Gasteiger partial charge in [0.1, 0.15) is 6.61 Å². The molecule has 0 fully saturated rings. The van der Waals surface area contributed by atoms with Crippen LogP contribution in [0, 0.1) is 5.92 Å². The molecule has 0 rings (SSSR count). The predicted molar refractivity (Wildman–Crippen MR) is 49.8 cm³/mol. The maximum Gasteiger partial charge on any atom is 0.330 e. The molecule has 0 radical (unpaired) electrons. The number of carbonyl (C=O) groups is 1. The molecule has 12 heavy (non-hydrogen) atoms. The second kappa shape index (κ2) is 6.65. The third kappa shape index (κ3) is 5.71. The Labute approximate surface area is 73.9 Å². The lowest BCUT2D eigenvalue weighted by molar-refractivity contribution is -0.136. The normalized spacial score (nSPS) is 12.8. The van der Waals surface area contributed by atoms with Crippen molar-refractivity contribution < 1.29 is 9.53 Å². The van der Waals surface area contributed by atoms with Crippen molar-refractivity contribution in [2.75, 3.05) is 6.61 Å². The van der Waals surface area contributed by atoms with Crippen LogP contribution in [0.15, 0.2) is 24.8 Å². The molecule has 0 saturated carbocycles. The summed E-state index contributed by atoms with van der Waals surface area (Å²) in [5, 5.41) is 0. The van der Waals surface area contributed by atoms with Gasteiger partial charge >= 0.3 is 5.97 Å². The zero-order chi connectivity index (χ0) is 9.40. The Morgan fingerprint density at radius 3 is 2.83 bits per heavy atom. The fourth-order valence-electron chi connectivity index (χ4n) is 0.568. The fourth-order valence-corrected chi connectivity index (χ4v) is 0.568. The van der Waals surface area contributed by atoms with Crippen LogP contribution in [0.25, 0.3) is 0 Å². The second-order valence-electron chi connectivity index (χ2n) is 2.66. The zero-order valence-corrected chi connectivity index (χ0v) is 7.75. The lowest BCUT2D eigenvalue weighted by atomic mass is 10.1. The average Bonchev–Trinajstić information content (AvgIpc) is 2.10. The van der Waals surface area contributed by atoms with Gasteiger partial charge in [0.25, 0.3) is 0 Å². The van der Waals surface area contributed by atoms with Crippen LogP contribution in [-0.4, -0.2) is 12.6 Å². The molecular formula is C10H16O2. The van der Waals surface area contributed by atoms with Crippen LogP contribution in [0.4, 0.5) is 0 Å². The Morgan fingerprint density at radius 1 is 1.67 bits per heavy atom. The highest BCUT2D eigenvalue weighted by Crippen LogP contribution is 2.01. The number of rotatable bonds is 5. The van der Waals surface area contributed by atoms with Gasteiger partial charge in [-0.25, -0.2) is 4.79 Å². The molecule has 0 aromatic rings. The summed E-state index contributed by atoms with van der Waals surface area (Å²) >= 11 is 0. The Balaban J connectivity index is 3.67. The van der Waals surface area contributed by atoms with Crippen molar-refractivity contribution in [1.29, 1.82) is 0 Å². The first-order chi connectivity index (χ1) is 5.70. The number of ether oxygens (including phenoxy) is 1. The van der Waals surface area contributed by atoms with Crippen LogP contribution < -0.4 is 0 Å². The van der Waals surface area contributed by atoms with Gasteiger partial charge in [-0.3, -0.25) is 0 Å². The van der Waals surface area contributed by atoms with E-state index in [4.69, 9.17) is 4.74 Å². The number of hydrogen-bond donors (Lipinski definition) is 0. The van der Waals surface area contributed by atoms with Crippen LogP contribution >= 0.6 is 0 Å². The third-order valence-electron chi connectivity index (χ3n) is 1.55. The van der Waals surface area contributed by atoms with Crippen molar-refractivity contribution in [3.05, 3.63) is 24.8 Å². The fraction of sp³-hybridized carbons (Fsp3) is 0.500. The quantitative estimate of drug-likeness (QED) is 0.358. The molecule has 0 amide bonds. The molecule has 0 aliphatic rings. The molecule has 68 valence electrons. The van der Waals surface area contributed by atoms with E-state index in [-0.39, 0.29) is 12.6 Å². The highest BCUT2D eigenvalue weighted by molar-refractivity contribution is 5.81. The summed E-state index contributed by atoms with van der Waals surface area (Å²) in [7, 11) is 0. The van der Waals surface area contributed by atoms with Gasteiger partial charge in [-0.1, -0.05) is 39.0 Å². The molecular weight excluding hydrogens is 152 g/mol. The molecule has 2 nitrogen and oxygen atoms in total. The number of esters is 1. The molecule has 1 atom stereocenters. The number of hydrogen-bond acceptors (Lipinski definition) is 2. The van der Waals surface area contributed by atoms with Crippen molar-refractivity contribution in [2.24, 2.45) is 5.92 Å². The highest BCUT2D eigenvalue weighted by Gasteiger charge is 1.95. The van der Waals surface area contributed by atoms with E-state index in [1.165, 1.54) is 6.08 Å². The minimum absolute atomic E-state index is 0.281. The maximum atomic E-state index is 10.9. The van der Waals surface area contributed by atoms with E-state index in [9.17, 15) is 4.79 Å². The SMILES string of the molecule is C=CCOC(=O)/C=C/C(C)CC. The Morgan fingerprint density at radius 2 is 2.33 bits per heavy atom. The smallest absolute Gasteiger partial charge is 0.330 e. The maximum absolute atomic E-state index is 10.9. The average molecular weight is 168 g/mol. The topological polar surface area (TPSA) is 26.3 Å². The summed E-state index contributed by atoms with van der Waals surface area (Å²) < 4.78 is 4.74. The summed E-state index contributed by atoms with van der Waals surface area (Å²) in [5.41, 5.74) is 0.